The van der Waals surface area contributed by atoms with Gasteiger partial charge in [0.1, 0.15) is 6.54 Å². The van der Waals surface area contributed by atoms with Crippen molar-refractivity contribution >= 4 is 17.5 Å². The summed E-state index contributed by atoms with van der Waals surface area (Å²) in [6.07, 6.45) is 5.91. The summed E-state index contributed by atoms with van der Waals surface area (Å²) in [4.78, 5) is 12.0. The van der Waals surface area contributed by atoms with Crippen LogP contribution in [0.1, 0.15) is 49.9 Å². The zero-order chi connectivity index (χ0) is 15.5. The molecule has 5 nitrogen and oxygen atoms in total. The molecule has 2 N–H and O–H groups in total. The van der Waals surface area contributed by atoms with Crippen LogP contribution in [0.25, 0.3) is 0 Å². The molecule has 1 aromatic rings. The van der Waals surface area contributed by atoms with Gasteiger partial charge in [0.25, 0.3) is 0 Å². The van der Waals surface area contributed by atoms with Crippen LogP contribution in [-0.4, -0.2) is 32.9 Å². The molecule has 0 aliphatic heterocycles. The first-order valence-electron chi connectivity index (χ1n) is 7.60. The second-order valence-electron chi connectivity index (χ2n) is 6.06. The summed E-state index contributed by atoms with van der Waals surface area (Å²) in [7, 11) is 0. The van der Waals surface area contributed by atoms with Gasteiger partial charge in [0.15, 0.2) is 0 Å². The molecule has 21 heavy (non-hydrogen) atoms. The van der Waals surface area contributed by atoms with Gasteiger partial charge in [0.05, 0.1) is 22.0 Å². The lowest BCUT2D eigenvalue weighted by Crippen LogP contribution is -2.43. The number of aliphatic hydroxyl groups is 1. The van der Waals surface area contributed by atoms with E-state index < -0.39 is 5.60 Å². The van der Waals surface area contributed by atoms with E-state index in [9.17, 15) is 9.90 Å². The predicted molar refractivity (Wildman–Crippen MR) is 82.4 cm³/mol. The lowest BCUT2D eigenvalue weighted by molar-refractivity contribution is -0.123. The minimum absolute atomic E-state index is 0.134. The van der Waals surface area contributed by atoms with E-state index in [1.807, 2.05) is 13.8 Å². The van der Waals surface area contributed by atoms with E-state index in [1.54, 1.807) is 4.68 Å². The quantitative estimate of drug-likeness (QED) is 0.839. The first-order valence-corrected chi connectivity index (χ1v) is 7.98. The highest BCUT2D eigenvalue weighted by atomic mass is 35.5. The molecule has 1 aliphatic carbocycles. The summed E-state index contributed by atoms with van der Waals surface area (Å²) in [5.74, 6) is -0.144. The van der Waals surface area contributed by atoms with Crippen molar-refractivity contribution in [3.63, 3.8) is 0 Å². The van der Waals surface area contributed by atoms with Gasteiger partial charge in [-0.3, -0.25) is 9.48 Å². The Hall–Kier alpha value is -1.07. The third-order valence-electron chi connectivity index (χ3n) is 4.24. The summed E-state index contributed by atoms with van der Waals surface area (Å²) < 4.78 is 1.60. The van der Waals surface area contributed by atoms with Crippen molar-refractivity contribution in [3.8, 4) is 0 Å². The monoisotopic (exact) mass is 313 g/mol. The molecule has 118 valence electrons. The van der Waals surface area contributed by atoms with E-state index >= 15 is 0 Å². The van der Waals surface area contributed by atoms with E-state index in [-0.39, 0.29) is 12.5 Å². The fraction of sp³-hybridized carbons (Fsp3) is 0.733. The molecular formula is C15H24ClN3O2. The summed E-state index contributed by atoms with van der Waals surface area (Å²) in [6.45, 7) is 4.11. The number of hydrogen-bond acceptors (Lipinski definition) is 3. The molecule has 0 aromatic carbocycles. The molecule has 1 fully saturated rings. The van der Waals surface area contributed by atoms with Crippen LogP contribution in [0.3, 0.4) is 0 Å². The topological polar surface area (TPSA) is 67.2 Å². The average Bonchev–Trinajstić information content (AvgIpc) is 2.63. The van der Waals surface area contributed by atoms with Crippen LogP contribution in [-0.2, 0) is 11.3 Å². The Morgan fingerprint density at radius 1 is 1.33 bits per heavy atom. The lowest BCUT2D eigenvalue weighted by atomic mass is 9.94. The highest BCUT2D eigenvalue weighted by Gasteiger charge is 2.28. The number of carbonyl (C=O) groups is 1. The van der Waals surface area contributed by atoms with E-state index in [4.69, 9.17) is 11.6 Å². The van der Waals surface area contributed by atoms with E-state index in [2.05, 4.69) is 10.4 Å². The van der Waals surface area contributed by atoms with Crippen LogP contribution >= 0.6 is 11.6 Å². The van der Waals surface area contributed by atoms with Crippen LogP contribution in [0.2, 0.25) is 5.02 Å². The zero-order valence-corrected chi connectivity index (χ0v) is 13.5. The summed E-state index contributed by atoms with van der Waals surface area (Å²) >= 11 is 6.07. The second-order valence-corrected chi connectivity index (χ2v) is 6.44. The highest BCUT2D eigenvalue weighted by Crippen LogP contribution is 2.26. The first kappa shape index (κ1) is 16.3. The molecule has 0 radical (unpaired) electrons. The Morgan fingerprint density at radius 2 is 1.95 bits per heavy atom. The maximum atomic E-state index is 12.0. The molecule has 0 spiro atoms. The van der Waals surface area contributed by atoms with Crippen molar-refractivity contribution < 1.29 is 9.90 Å². The Labute approximate surface area is 130 Å². The van der Waals surface area contributed by atoms with Gasteiger partial charge in [-0.1, -0.05) is 37.3 Å². The number of aromatic nitrogens is 2. The molecule has 0 atom stereocenters. The largest absolute Gasteiger partial charge is 0.388 e. The van der Waals surface area contributed by atoms with Gasteiger partial charge in [0.2, 0.25) is 5.91 Å². The van der Waals surface area contributed by atoms with Gasteiger partial charge in [0, 0.05) is 6.54 Å². The second kappa shape index (κ2) is 6.79. The highest BCUT2D eigenvalue weighted by molar-refractivity contribution is 6.31. The molecule has 1 aliphatic rings. The van der Waals surface area contributed by atoms with Crippen LogP contribution in [0.4, 0.5) is 0 Å². The van der Waals surface area contributed by atoms with Gasteiger partial charge >= 0.3 is 0 Å². The molecule has 0 saturated heterocycles. The molecule has 1 heterocycles. The Kier molecular flexibility index (Phi) is 5.27. The minimum atomic E-state index is -0.751. The summed E-state index contributed by atoms with van der Waals surface area (Å²) in [6, 6.07) is 0. The number of rotatable bonds is 4. The minimum Gasteiger partial charge on any atom is -0.388 e. The number of amides is 1. The van der Waals surface area contributed by atoms with Crippen LogP contribution in [0, 0.1) is 13.8 Å². The van der Waals surface area contributed by atoms with Crippen LogP contribution in [0.5, 0.6) is 0 Å². The number of hydrogen-bond donors (Lipinski definition) is 2. The van der Waals surface area contributed by atoms with E-state index in [0.717, 1.165) is 37.1 Å². The lowest BCUT2D eigenvalue weighted by Gasteiger charge is -2.26. The average molecular weight is 314 g/mol. The van der Waals surface area contributed by atoms with E-state index in [1.165, 1.54) is 12.8 Å². The molecule has 6 heteroatoms. The number of halogens is 1. The molecule has 2 rings (SSSR count). The first-order chi connectivity index (χ1) is 9.91. The fourth-order valence-corrected chi connectivity index (χ4v) is 2.98. The smallest absolute Gasteiger partial charge is 0.241 e. The van der Waals surface area contributed by atoms with Crippen molar-refractivity contribution in [3.05, 3.63) is 16.4 Å². The van der Waals surface area contributed by atoms with Gasteiger partial charge in [-0.25, -0.2) is 0 Å². The third kappa shape index (κ3) is 4.20. The van der Waals surface area contributed by atoms with Crippen LogP contribution in [0.15, 0.2) is 0 Å². The molecule has 1 saturated carbocycles. The van der Waals surface area contributed by atoms with Gasteiger partial charge in [-0.2, -0.15) is 5.10 Å². The molecule has 0 unspecified atom stereocenters. The fourth-order valence-electron chi connectivity index (χ4n) is 2.85. The van der Waals surface area contributed by atoms with Crippen molar-refractivity contribution in [1.29, 1.82) is 0 Å². The molecule has 1 amide bonds. The standard InChI is InChI=1S/C15H24ClN3O2/c1-11-14(16)12(2)19(18-11)9-13(20)17-10-15(21)7-5-3-4-6-8-15/h21H,3-10H2,1-2H3,(H,17,20). The SMILES string of the molecule is Cc1nn(CC(=O)NCC2(O)CCCCCC2)c(C)c1Cl. The summed E-state index contributed by atoms with van der Waals surface area (Å²) in [5.41, 5.74) is 0.765. The van der Waals surface area contributed by atoms with Crippen LogP contribution < -0.4 is 5.32 Å². The van der Waals surface area contributed by atoms with Gasteiger partial charge < -0.3 is 10.4 Å². The van der Waals surface area contributed by atoms with Crippen molar-refractivity contribution in [2.45, 2.75) is 64.5 Å². The maximum Gasteiger partial charge on any atom is 0.241 e. The molecule has 0 bridgehead atoms. The molecular weight excluding hydrogens is 290 g/mol. The van der Waals surface area contributed by atoms with E-state index in [0.29, 0.717) is 11.6 Å². The van der Waals surface area contributed by atoms with Crippen molar-refractivity contribution in [1.82, 2.24) is 15.1 Å². The number of carbonyl (C=O) groups excluding carboxylic acids is 1. The third-order valence-corrected chi connectivity index (χ3v) is 4.78. The summed E-state index contributed by atoms with van der Waals surface area (Å²) in [5, 5.41) is 18.2. The Bertz CT molecular complexity index is 505. The number of nitrogens with one attached hydrogen (secondary N) is 1. The van der Waals surface area contributed by atoms with Gasteiger partial charge in [-0.15, -0.1) is 0 Å². The van der Waals surface area contributed by atoms with Crippen molar-refractivity contribution in [2.24, 2.45) is 0 Å². The number of nitrogens with zero attached hydrogens (tertiary/aromatic N) is 2. The number of aryl methyl sites for hydroxylation is 1. The molecule has 1 aromatic heterocycles. The van der Waals surface area contributed by atoms with Crippen molar-refractivity contribution in [2.75, 3.05) is 6.54 Å². The Morgan fingerprint density at radius 3 is 2.48 bits per heavy atom. The zero-order valence-electron chi connectivity index (χ0n) is 12.8. The Balaban J connectivity index is 1.88. The van der Waals surface area contributed by atoms with Gasteiger partial charge in [-0.05, 0) is 26.7 Å². The predicted octanol–water partition coefficient (Wildman–Crippen LogP) is 2.35. The normalized spacial score (nSPS) is 18.3. The maximum absolute atomic E-state index is 12.0.